The maximum atomic E-state index is 6.07. The Hall–Kier alpha value is -1.85. The summed E-state index contributed by atoms with van der Waals surface area (Å²) in [4.78, 5) is 4.44. The van der Waals surface area contributed by atoms with Gasteiger partial charge in [-0.15, -0.1) is 0 Å². The van der Waals surface area contributed by atoms with Crippen LogP contribution in [0.4, 0.5) is 0 Å². The van der Waals surface area contributed by atoms with Crippen molar-refractivity contribution in [3.05, 3.63) is 53.3 Å². The molecule has 0 amide bonds. The fraction of sp³-hybridized carbons (Fsp3) is 0.450. The van der Waals surface area contributed by atoms with Gasteiger partial charge in [-0.2, -0.15) is 0 Å². The molecule has 0 N–H and O–H groups in total. The second-order valence-corrected chi connectivity index (χ2v) is 7.72. The second-order valence-electron chi connectivity index (χ2n) is 7.72. The SMILES string of the molecule is Cc1cnc(COc2ccc(B3OC(C)(C)C(C)(C)O3)cc2)c(C)c1. The molecule has 1 aromatic carbocycles. The molecule has 2 aromatic rings. The molecule has 0 radical (unpaired) electrons. The molecule has 4 nitrogen and oxygen atoms in total. The first-order valence-corrected chi connectivity index (χ1v) is 8.68. The van der Waals surface area contributed by atoms with Gasteiger partial charge >= 0.3 is 7.12 Å². The van der Waals surface area contributed by atoms with E-state index in [1.54, 1.807) is 0 Å². The Bertz CT molecular complexity index is 740. The Labute approximate surface area is 150 Å². The molecule has 0 atom stereocenters. The predicted molar refractivity (Wildman–Crippen MR) is 100 cm³/mol. The van der Waals surface area contributed by atoms with Crippen LogP contribution in [0.3, 0.4) is 0 Å². The van der Waals surface area contributed by atoms with Crippen LogP contribution in [0.5, 0.6) is 5.75 Å². The van der Waals surface area contributed by atoms with Gasteiger partial charge in [-0.1, -0.05) is 18.2 Å². The van der Waals surface area contributed by atoms with Crippen molar-refractivity contribution in [3.63, 3.8) is 0 Å². The van der Waals surface area contributed by atoms with Gasteiger partial charge in [0, 0.05) is 6.20 Å². The number of ether oxygens (including phenoxy) is 1. The van der Waals surface area contributed by atoms with E-state index < -0.39 is 0 Å². The monoisotopic (exact) mass is 339 g/mol. The molecule has 2 heterocycles. The summed E-state index contributed by atoms with van der Waals surface area (Å²) < 4.78 is 18.0. The van der Waals surface area contributed by atoms with E-state index in [1.165, 1.54) is 0 Å². The Balaban J connectivity index is 1.65. The van der Waals surface area contributed by atoms with Crippen LogP contribution < -0.4 is 10.2 Å². The Morgan fingerprint density at radius 2 is 1.60 bits per heavy atom. The number of hydrogen-bond acceptors (Lipinski definition) is 4. The van der Waals surface area contributed by atoms with Crippen molar-refractivity contribution < 1.29 is 14.0 Å². The largest absolute Gasteiger partial charge is 0.494 e. The van der Waals surface area contributed by atoms with Gasteiger partial charge in [0.1, 0.15) is 12.4 Å². The van der Waals surface area contributed by atoms with Crippen LogP contribution in [0, 0.1) is 13.8 Å². The van der Waals surface area contributed by atoms with Crippen LogP contribution in [-0.2, 0) is 15.9 Å². The first kappa shape index (κ1) is 18.0. The van der Waals surface area contributed by atoms with E-state index in [4.69, 9.17) is 14.0 Å². The van der Waals surface area contributed by atoms with E-state index in [-0.39, 0.29) is 18.3 Å². The summed E-state index contributed by atoms with van der Waals surface area (Å²) in [5.74, 6) is 0.807. The Morgan fingerprint density at radius 3 is 2.16 bits per heavy atom. The lowest BCUT2D eigenvalue weighted by Gasteiger charge is -2.32. The van der Waals surface area contributed by atoms with Crippen LogP contribution in [0.2, 0.25) is 0 Å². The number of hydrogen-bond donors (Lipinski definition) is 0. The van der Waals surface area contributed by atoms with E-state index in [1.807, 2.05) is 37.4 Å². The summed E-state index contributed by atoms with van der Waals surface area (Å²) in [6.07, 6.45) is 1.87. The minimum Gasteiger partial charge on any atom is -0.487 e. The summed E-state index contributed by atoms with van der Waals surface area (Å²) >= 11 is 0. The average Bonchev–Trinajstić information content (AvgIpc) is 2.75. The molecule has 0 aliphatic carbocycles. The smallest absolute Gasteiger partial charge is 0.487 e. The fourth-order valence-electron chi connectivity index (χ4n) is 2.75. The number of aryl methyl sites for hydroxylation is 2. The van der Waals surface area contributed by atoms with E-state index in [0.29, 0.717) is 6.61 Å². The van der Waals surface area contributed by atoms with E-state index >= 15 is 0 Å². The number of benzene rings is 1. The molecule has 1 saturated heterocycles. The standard InChI is InChI=1S/C20H26BNO3/c1-14-11-15(2)18(22-12-14)13-23-17-9-7-16(8-10-17)21-24-19(3,4)20(5,6)25-21/h7-12H,13H2,1-6H3. The normalized spacial score (nSPS) is 18.4. The summed E-state index contributed by atoms with van der Waals surface area (Å²) in [6, 6.07) is 10.0. The molecule has 0 bridgehead atoms. The van der Waals surface area contributed by atoms with Gasteiger partial charge in [-0.05, 0) is 70.3 Å². The van der Waals surface area contributed by atoms with E-state index in [2.05, 4.69) is 45.7 Å². The van der Waals surface area contributed by atoms with Crippen LogP contribution in [0.1, 0.15) is 44.5 Å². The molecular formula is C20H26BNO3. The molecular weight excluding hydrogens is 313 g/mol. The van der Waals surface area contributed by atoms with Crippen LogP contribution in [-0.4, -0.2) is 23.3 Å². The Morgan fingerprint density at radius 1 is 1.00 bits per heavy atom. The third-order valence-electron chi connectivity index (χ3n) is 5.10. The number of rotatable bonds is 4. The zero-order valence-electron chi connectivity index (χ0n) is 15.9. The van der Waals surface area contributed by atoms with Crippen molar-refractivity contribution in [2.45, 2.75) is 59.4 Å². The van der Waals surface area contributed by atoms with Gasteiger partial charge in [0.25, 0.3) is 0 Å². The second kappa shape index (κ2) is 6.47. The maximum Gasteiger partial charge on any atom is 0.494 e. The summed E-state index contributed by atoms with van der Waals surface area (Å²) in [5.41, 5.74) is 3.60. The minimum absolute atomic E-state index is 0.332. The van der Waals surface area contributed by atoms with Crippen molar-refractivity contribution in [3.8, 4) is 5.75 Å². The molecule has 1 aromatic heterocycles. The highest BCUT2D eigenvalue weighted by Crippen LogP contribution is 2.36. The molecule has 0 unspecified atom stereocenters. The summed E-state index contributed by atoms with van der Waals surface area (Å²) in [6.45, 7) is 12.8. The van der Waals surface area contributed by atoms with Gasteiger partial charge in [0.2, 0.25) is 0 Å². The molecule has 0 spiro atoms. The zero-order chi connectivity index (χ0) is 18.2. The van der Waals surface area contributed by atoms with Gasteiger partial charge in [-0.25, -0.2) is 0 Å². The van der Waals surface area contributed by atoms with Crippen LogP contribution >= 0.6 is 0 Å². The van der Waals surface area contributed by atoms with Crippen molar-refractivity contribution >= 4 is 12.6 Å². The molecule has 1 aliphatic heterocycles. The molecule has 25 heavy (non-hydrogen) atoms. The quantitative estimate of drug-likeness (QED) is 0.799. The van der Waals surface area contributed by atoms with Crippen molar-refractivity contribution in [2.24, 2.45) is 0 Å². The minimum atomic E-state index is -0.347. The van der Waals surface area contributed by atoms with Crippen molar-refractivity contribution in [2.75, 3.05) is 0 Å². The van der Waals surface area contributed by atoms with Crippen molar-refractivity contribution in [1.29, 1.82) is 0 Å². The first-order valence-electron chi connectivity index (χ1n) is 8.68. The first-order chi connectivity index (χ1) is 11.7. The highest BCUT2D eigenvalue weighted by molar-refractivity contribution is 6.62. The third-order valence-corrected chi connectivity index (χ3v) is 5.10. The summed E-state index contributed by atoms with van der Waals surface area (Å²) in [5, 5.41) is 0. The van der Waals surface area contributed by atoms with Crippen LogP contribution in [0.15, 0.2) is 36.5 Å². The number of pyridine rings is 1. The molecule has 132 valence electrons. The van der Waals surface area contributed by atoms with E-state index in [9.17, 15) is 0 Å². The number of aromatic nitrogens is 1. The lowest BCUT2D eigenvalue weighted by Crippen LogP contribution is -2.41. The third kappa shape index (κ3) is 3.72. The lowest BCUT2D eigenvalue weighted by atomic mass is 9.79. The van der Waals surface area contributed by atoms with E-state index in [0.717, 1.165) is 28.0 Å². The fourth-order valence-corrected chi connectivity index (χ4v) is 2.75. The highest BCUT2D eigenvalue weighted by Gasteiger charge is 2.51. The number of nitrogens with zero attached hydrogens (tertiary/aromatic N) is 1. The van der Waals surface area contributed by atoms with Crippen LogP contribution in [0.25, 0.3) is 0 Å². The summed E-state index contributed by atoms with van der Waals surface area (Å²) in [7, 11) is -0.347. The highest BCUT2D eigenvalue weighted by atomic mass is 16.7. The van der Waals surface area contributed by atoms with Crippen molar-refractivity contribution in [1.82, 2.24) is 4.98 Å². The molecule has 5 heteroatoms. The Kier molecular flexibility index (Phi) is 4.65. The zero-order valence-corrected chi connectivity index (χ0v) is 15.9. The van der Waals surface area contributed by atoms with Gasteiger partial charge < -0.3 is 14.0 Å². The van der Waals surface area contributed by atoms with Gasteiger partial charge in [0.15, 0.2) is 0 Å². The molecule has 3 rings (SSSR count). The topological polar surface area (TPSA) is 40.6 Å². The lowest BCUT2D eigenvalue weighted by molar-refractivity contribution is 0.00578. The predicted octanol–water partition coefficient (Wildman–Crippen LogP) is 3.58. The molecule has 1 aliphatic rings. The molecule has 0 saturated carbocycles. The van der Waals surface area contributed by atoms with Gasteiger partial charge in [-0.3, -0.25) is 4.98 Å². The van der Waals surface area contributed by atoms with Gasteiger partial charge in [0.05, 0.1) is 16.9 Å². The molecule has 1 fully saturated rings. The average molecular weight is 339 g/mol. The maximum absolute atomic E-state index is 6.07.